The lowest BCUT2D eigenvalue weighted by Gasteiger charge is -2.19. The summed E-state index contributed by atoms with van der Waals surface area (Å²) in [6, 6.07) is 4.33. The third kappa shape index (κ3) is 5.02. The molecule has 0 aliphatic carbocycles. The zero-order valence-electron chi connectivity index (χ0n) is 10.8. The average Bonchev–Trinajstić information content (AvgIpc) is 2.38. The standard InChI is InChI=1S/C12H18ClN3O3/c1-19-8-9(3-2-6-14)15-12-7-10(16(17)18)4-5-11(12)13/h4-5,7,9,15H,2-3,6,8,14H2,1H3. The fourth-order valence-electron chi connectivity index (χ4n) is 1.72. The fourth-order valence-corrected chi connectivity index (χ4v) is 1.89. The molecule has 19 heavy (non-hydrogen) atoms. The zero-order valence-corrected chi connectivity index (χ0v) is 11.5. The number of nitrogens with one attached hydrogen (secondary N) is 1. The Kier molecular flexibility index (Phi) is 6.55. The van der Waals surface area contributed by atoms with Gasteiger partial charge in [0, 0.05) is 25.3 Å². The van der Waals surface area contributed by atoms with Crippen LogP contribution in [0.25, 0.3) is 0 Å². The summed E-state index contributed by atoms with van der Waals surface area (Å²) in [5, 5.41) is 14.3. The lowest BCUT2D eigenvalue weighted by molar-refractivity contribution is -0.384. The third-order valence-corrected chi connectivity index (χ3v) is 2.97. The number of rotatable bonds is 8. The SMILES string of the molecule is COCC(CCCN)Nc1cc([N+](=O)[O-])ccc1Cl. The first-order valence-corrected chi connectivity index (χ1v) is 6.35. The molecule has 0 bridgehead atoms. The van der Waals surface area contributed by atoms with E-state index in [0.29, 0.717) is 23.9 Å². The van der Waals surface area contributed by atoms with Crippen LogP contribution in [0.1, 0.15) is 12.8 Å². The van der Waals surface area contributed by atoms with Crippen molar-refractivity contribution in [3.05, 3.63) is 33.3 Å². The molecule has 1 rings (SSSR count). The topological polar surface area (TPSA) is 90.4 Å². The summed E-state index contributed by atoms with van der Waals surface area (Å²) in [6.45, 7) is 1.07. The highest BCUT2D eigenvalue weighted by atomic mass is 35.5. The van der Waals surface area contributed by atoms with Crippen molar-refractivity contribution in [1.82, 2.24) is 0 Å². The highest BCUT2D eigenvalue weighted by molar-refractivity contribution is 6.33. The third-order valence-electron chi connectivity index (χ3n) is 2.64. The number of methoxy groups -OCH3 is 1. The van der Waals surface area contributed by atoms with Crippen LogP contribution in [-0.4, -0.2) is 31.2 Å². The van der Waals surface area contributed by atoms with Crippen molar-refractivity contribution in [3.63, 3.8) is 0 Å². The Bertz CT molecular complexity index is 429. The molecule has 0 fully saturated rings. The Balaban J connectivity index is 2.81. The van der Waals surface area contributed by atoms with Crippen LogP contribution >= 0.6 is 11.6 Å². The van der Waals surface area contributed by atoms with E-state index >= 15 is 0 Å². The highest BCUT2D eigenvalue weighted by Gasteiger charge is 2.13. The maximum Gasteiger partial charge on any atom is 0.271 e. The van der Waals surface area contributed by atoms with Crippen LogP contribution in [0.4, 0.5) is 11.4 Å². The molecule has 1 aromatic rings. The van der Waals surface area contributed by atoms with Gasteiger partial charge in [-0.2, -0.15) is 0 Å². The van der Waals surface area contributed by atoms with Crippen LogP contribution in [0.3, 0.4) is 0 Å². The Morgan fingerprint density at radius 1 is 1.58 bits per heavy atom. The molecule has 6 nitrogen and oxygen atoms in total. The Labute approximate surface area is 117 Å². The summed E-state index contributed by atoms with van der Waals surface area (Å²) >= 11 is 6.03. The summed E-state index contributed by atoms with van der Waals surface area (Å²) in [5.41, 5.74) is 6.01. The first kappa shape index (κ1) is 15.7. The van der Waals surface area contributed by atoms with Crippen molar-refractivity contribution >= 4 is 23.0 Å². The Morgan fingerprint density at radius 2 is 2.32 bits per heavy atom. The van der Waals surface area contributed by atoms with Gasteiger partial charge in [-0.1, -0.05) is 11.6 Å². The number of non-ortho nitro benzene ring substituents is 1. The number of nitrogens with two attached hydrogens (primary N) is 1. The minimum Gasteiger partial charge on any atom is -0.383 e. The van der Waals surface area contributed by atoms with E-state index in [1.807, 2.05) is 0 Å². The van der Waals surface area contributed by atoms with E-state index in [1.54, 1.807) is 7.11 Å². The number of anilines is 1. The normalized spacial score (nSPS) is 12.2. The van der Waals surface area contributed by atoms with Crippen LogP contribution in [0.15, 0.2) is 18.2 Å². The summed E-state index contributed by atoms with van der Waals surface area (Å²) in [5.74, 6) is 0. The molecule has 1 atom stereocenters. The smallest absolute Gasteiger partial charge is 0.271 e. The van der Waals surface area contributed by atoms with E-state index in [0.717, 1.165) is 12.8 Å². The van der Waals surface area contributed by atoms with Crippen LogP contribution in [-0.2, 0) is 4.74 Å². The van der Waals surface area contributed by atoms with Gasteiger partial charge in [-0.3, -0.25) is 10.1 Å². The van der Waals surface area contributed by atoms with Gasteiger partial charge in [-0.25, -0.2) is 0 Å². The van der Waals surface area contributed by atoms with E-state index in [9.17, 15) is 10.1 Å². The van der Waals surface area contributed by atoms with Gasteiger partial charge in [0.15, 0.2) is 0 Å². The van der Waals surface area contributed by atoms with Crippen LogP contribution in [0, 0.1) is 10.1 Å². The molecule has 0 aliphatic rings. The average molecular weight is 288 g/mol. The second-order valence-electron chi connectivity index (χ2n) is 4.15. The van der Waals surface area contributed by atoms with Gasteiger partial charge >= 0.3 is 0 Å². The van der Waals surface area contributed by atoms with Crippen molar-refractivity contribution in [2.24, 2.45) is 5.73 Å². The number of benzene rings is 1. The zero-order chi connectivity index (χ0) is 14.3. The molecule has 7 heteroatoms. The van der Waals surface area contributed by atoms with Gasteiger partial charge < -0.3 is 15.8 Å². The Morgan fingerprint density at radius 3 is 2.89 bits per heavy atom. The minimum atomic E-state index is -0.452. The number of nitro benzene ring substituents is 1. The van der Waals surface area contributed by atoms with E-state index in [2.05, 4.69) is 5.32 Å². The predicted molar refractivity (Wildman–Crippen MR) is 75.7 cm³/mol. The Hall–Kier alpha value is -1.37. The first-order valence-electron chi connectivity index (χ1n) is 5.98. The van der Waals surface area contributed by atoms with Gasteiger partial charge in [0.05, 0.1) is 22.2 Å². The molecule has 0 aromatic heterocycles. The number of hydrogen-bond acceptors (Lipinski definition) is 5. The van der Waals surface area contributed by atoms with E-state index in [4.69, 9.17) is 22.1 Å². The first-order chi connectivity index (χ1) is 9.08. The van der Waals surface area contributed by atoms with E-state index < -0.39 is 4.92 Å². The number of hydrogen-bond donors (Lipinski definition) is 2. The maximum atomic E-state index is 10.7. The van der Waals surface area contributed by atoms with Gasteiger partial charge in [0.1, 0.15) is 0 Å². The molecular formula is C12H18ClN3O3. The van der Waals surface area contributed by atoms with Gasteiger partial charge in [0.25, 0.3) is 5.69 Å². The number of nitro groups is 1. The van der Waals surface area contributed by atoms with Crippen LogP contribution < -0.4 is 11.1 Å². The monoisotopic (exact) mass is 287 g/mol. The molecule has 1 aromatic carbocycles. The summed E-state index contributed by atoms with van der Waals surface area (Å²) in [7, 11) is 1.60. The molecule has 0 heterocycles. The van der Waals surface area contributed by atoms with Gasteiger partial charge in [-0.15, -0.1) is 0 Å². The molecule has 0 radical (unpaired) electrons. The molecule has 0 amide bonds. The largest absolute Gasteiger partial charge is 0.383 e. The number of nitrogens with zero attached hydrogens (tertiary/aromatic N) is 1. The van der Waals surface area contributed by atoms with Crippen LogP contribution in [0.2, 0.25) is 5.02 Å². The van der Waals surface area contributed by atoms with E-state index in [1.165, 1.54) is 18.2 Å². The quantitative estimate of drug-likeness (QED) is 0.566. The summed E-state index contributed by atoms with van der Waals surface area (Å²) < 4.78 is 5.11. The molecule has 0 spiro atoms. The minimum absolute atomic E-state index is 0.00175. The van der Waals surface area contributed by atoms with Crippen molar-refractivity contribution < 1.29 is 9.66 Å². The molecule has 106 valence electrons. The van der Waals surface area contributed by atoms with E-state index in [-0.39, 0.29) is 11.7 Å². The summed E-state index contributed by atoms with van der Waals surface area (Å²) in [6.07, 6.45) is 1.65. The van der Waals surface area contributed by atoms with Crippen LogP contribution in [0.5, 0.6) is 0 Å². The molecule has 3 N–H and O–H groups in total. The second-order valence-corrected chi connectivity index (χ2v) is 4.56. The molecular weight excluding hydrogens is 270 g/mol. The summed E-state index contributed by atoms with van der Waals surface area (Å²) in [4.78, 5) is 10.3. The second kappa shape index (κ2) is 7.93. The lowest BCUT2D eigenvalue weighted by Crippen LogP contribution is -2.26. The predicted octanol–water partition coefficient (Wildman–Crippen LogP) is 2.41. The van der Waals surface area contributed by atoms with Gasteiger partial charge in [-0.05, 0) is 25.5 Å². The number of halogens is 1. The fraction of sp³-hybridized carbons (Fsp3) is 0.500. The maximum absolute atomic E-state index is 10.7. The van der Waals surface area contributed by atoms with Crippen molar-refractivity contribution in [3.8, 4) is 0 Å². The van der Waals surface area contributed by atoms with Crippen molar-refractivity contribution in [1.29, 1.82) is 0 Å². The molecule has 0 saturated heterocycles. The van der Waals surface area contributed by atoms with Crippen molar-refractivity contribution in [2.45, 2.75) is 18.9 Å². The molecule has 0 aliphatic heterocycles. The lowest BCUT2D eigenvalue weighted by atomic mass is 10.1. The molecule has 0 saturated carbocycles. The number of ether oxygens (including phenoxy) is 1. The highest BCUT2D eigenvalue weighted by Crippen LogP contribution is 2.27. The van der Waals surface area contributed by atoms with Gasteiger partial charge in [0.2, 0.25) is 0 Å². The molecule has 1 unspecified atom stereocenters. The van der Waals surface area contributed by atoms with Crippen molar-refractivity contribution in [2.75, 3.05) is 25.6 Å².